The van der Waals surface area contributed by atoms with Crippen LogP contribution in [-0.4, -0.2) is 16.4 Å². The molecule has 120 valence electrons. The number of aromatic nitrogens is 1. The molecule has 1 fully saturated rings. The Kier molecular flexibility index (Phi) is 4.19. The van der Waals surface area contributed by atoms with E-state index in [9.17, 15) is 9.59 Å². The molecule has 0 saturated heterocycles. The van der Waals surface area contributed by atoms with Gasteiger partial charge in [-0.3, -0.25) is 20.4 Å². The van der Waals surface area contributed by atoms with Crippen molar-refractivity contribution < 1.29 is 9.59 Å². The van der Waals surface area contributed by atoms with Crippen molar-refractivity contribution in [3.8, 4) is 5.69 Å². The predicted molar refractivity (Wildman–Crippen MR) is 88.2 cm³/mol. The second kappa shape index (κ2) is 6.28. The Morgan fingerprint density at radius 2 is 1.57 bits per heavy atom. The fourth-order valence-corrected chi connectivity index (χ4v) is 2.80. The molecule has 0 unspecified atom stereocenters. The lowest BCUT2D eigenvalue weighted by Gasteiger charge is -2.24. The van der Waals surface area contributed by atoms with Gasteiger partial charge < -0.3 is 4.57 Å². The number of benzene rings is 1. The molecule has 5 heteroatoms. The Morgan fingerprint density at radius 3 is 2.09 bits per heavy atom. The molecule has 2 N–H and O–H groups in total. The summed E-state index contributed by atoms with van der Waals surface area (Å²) in [6.07, 6.45) is 2.91. The highest BCUT2D eigenvalue weighted by atomic mass is 16.2. The molecule has 0 bridgehead atoms. The average molecular weight is 311 g/mol. The number of aryl methyl sites for hydroxylation is 2. The Morgan fingerprint density at radius 1 is 0.957 bits per heavy atom. The summed E-state index contributed by atoms with van der Waals surface area (Å²) >= 11 is 0. The molecule has 5 nitrogen and oxygen atoms in total. The highest BCUT2D eigenvalue weighted by molar-refractivity contribution is 5.95. The summed E-state index contributed by atoms with van der Waals surface area (Å²) in [5.41, 5.74) is 8.80. The minimum Gasteiger partial charge on any atom is -0.319 e. The fourth-order valence-electron chi connectivity index (χ4n) is 2.80. The topological polar surface area (TPSA) is 63.1 Å². The summed E-state index contributed by atoms with van der Waals surface area (Å²) in [6, 6.07) is 11.5. The van der Waals surface area contributed by atoms with E-state index in [0.717, 1.165) is 36.3 Å². The summed E-state index contributed by atoms with van der Waals surface area (Å²) in [5.74, 6) is -0.345. The predicted octanol–water partition coefficient (Wildman–Crippen LogP) is 2.66. The standard InChI is InChI=1S/C18H21N3O2/c1-12-6-7-13(2)21(12)16-10-8-15(9-11-16)18(23)20-19-17(22)14-4-3-5-14/h6-11,14H,3-5H2,1-2H3,(H,19,22)(H,20,23). The average Bonchev–Trinajstić information content (AvgIpc) is 2.82. The van der Waals surface area contributed by atoms with E-state index in [1.165, 1.54) is 0 Å². The highest BCUT2D eigenvalue weighted by Gasteiger charge is 2.25. The normalized spacial score (nSPS) is 14.2. The van der Waals surface area contributed by atoms with Crippen LogP contribution < -0.4 is 10.9 Å². The maximum atomic E-state index is 12.1. The molecule has 23 heavy (non-hydrogen) atoms. The SMILES string of the molecule is Cc1ccc(C)n1-c1ccc(C(=O)NNC(=O)C2CCC2)cc1. The Labute approximate surface area is 135 Å². The van der Waals surface area contributed by atoms with Gasteiger partial charge in [-0.05, 0) is 63.1 Å². The van der Waals surface area contributed by atoms with Crippen molar-refractivity contribution in [3.05, 3.63) is 53.3 Å². The number of nitrogens with one attached hydrogen (secondary N) is 2. The first-order chi connectivity index (χ1) is 11.1. The third-order valence-corrected chi connectivity index (χ3v) is 4.43. The van der Waals surface area contributed by atoms with Crippen molar-refractivity contribution in [1.29, 1.82) is 0 Å². The van der Waals surface area contributed by atoms with Gasteiger partial charge in [-0.1, -0.05) is 6.42 Å². The molecule has 1 aliphatic carbocycles. The minimum absolute atomic E-state index is 0.0531. The van der Waals surface area contributed by atoms with E-state index in [1.54, 1.807) is 12.1 Å². The number of amides is 2. The van der Waals surface area contributed by atoms with E-state index in [2.05, 4.69) is 27.6 Å². The maximum Gasteiger partial charge on any atom is 0.269 e. The lowest BCUT2D eigenvalue weighted by molar-refractivity contribution is -0.128. The molecular formula is C18H21N3O2. The first kappa shape index (κ1) is 15.3. The largest absolute Gasteiger partial charge is 0.319 e. The second-order valence-corrected chi connectivity index (χ2v) is 6.07. The third-order valence-electron chi connectivity index (χ3n) is 4.43. The lowest BCUT2D eigenvalue weighted by Crippen LogP contribution is -2.46. The van der Waals surface area contributed by atoms with Crippen LogP contribution >= 0.6 is 0 Å². The van der Waals surface area contributed by atoms with Gasteiger partial charge in [-0.25, -0.2) is 0 Å². The molecule has 2 amide bonds. The van der Waals surface area contributed by atoms with Crippen LogP contribution in [0.2, 0.25) is 0 Å². The quantitative estimate of drug-likeness (QED) is 0.856. The Hall–Kier alpha value is -2.56. The molecule has 3 rings (SSSR count). The van der Waals surface area contributed by atoms with Crippen molar-refractivity contribution in [2.45, 2.75) is 33.1 Å². The van der Waals surface area contributed by atoms with Crippen molar-refractivity contribution in [1.82, 2.24) is 15.4 Å². The second-order valence-electron chi connectivity index (χ2n) is 6.07. The molecule has 0 aliphatic heterocycles. The summed E-state index contributed by atoms with van der Waals surface area (Å²) in [4.78, 5) is 23.8. The third kappa shape index (κ3) is 3.13. The van der Waals surface area contributed by atoms with Crippen LogP contribution in [0, 0.1) is 19.8 Å². The van der Waals surface area contributed by atoms with Crippen LogP contribution in [0.1, 0.15) is 41.0 Å². The van der Waals surface area contributed by atoms with Gasteiger partial charge in [0, 0.05) is 28.6 Å². The van der Waals surface area contributed by atoms with Gasteiger partial charge in [0.1, 0.15) is 0 Å². The van der Waals surface area contributed by atoms with E-state index < -0.39 is 0 Å². The van der Waals surface area contributed by atoms with Crippen molar-refractivity contribution in [2.75, 3.05) is 0 Å². The zero-order valence-corrected chi connectivity index (χ0v) is 13.4. The van der Waals surface area contributed by atoms with Gasteiger partial charge >= 0.3 is 0 Å². The van der Waals surface area contributed by atoms with Crippen molar-refractivity contribution >= 4 is 11.8 Å². The van der Waals surface area contributed by atoms with Crippen molar-refractivity contribution in [2.24, 2.45) is 5.92 Å². The smallest absolute Gasteiger partial charge is 0.269 e. The van der Waals surface area contributed by atoms with Crippen LogP contribution in [0.5, 0.6) is 0 Å². The molecule has 0 radical (unpaired) electrons. The van der Waals surface area contributed by atoms with Crippen LogP contribution in [0.15, 0.2) is 36.4 Å². The van der Waals surface area contributed by atoms with Crippen LogP contribution in [0.4, 0.5) is 0 Å². The molecule has 0 atom stereocenters. The molecule has 1 aromatic carbocycles. The van der Waals surface area contributed by atoms with E-state index in [-0.39, 0.29) is 17.7 Å². The van der Waals surface area contributed by atoms with Crippen LogP contribution in [0.25, 0.3) is 5.69 Å². The van der Waals surface area contributed by atoms with Gasteiger partial charge in [0.25, 0.3) is 5.91 Å². The first-order valence-electron chi connectivity index (χ1n) is 7.92. The molecular weight excluding hydrogens is 290 g/mol. The number of carbonyl (C=O) groups is 2. The number of hydrogen-bond acceptors (Lipinski definition) is 2. The summed E-state index contributed by atoms with van der Waals surface area (Å²) in [7, 11) is 0. The molecule has 0 spiro atoms. The number of hydrazine groups is 1. The van der Waals surface area contributed by atoms with E-state index in [0.29, 0.717) is 5.56 Å². The summed E-state index contributed by atoms with van der Waals surface area (Å²) < 4.78 is 2.13. The summed E-state index contributed by atoms with van der Waals surface area (Å²) in [6.45, 7) is 4.09. The van der Waals surface area contributed by atoms with Crippen molar-refractivity contribution in [3.63, 3.8) is 0 Å². The summed E-state index contributed by atoms with van der Waals surface area (Å²) in [5, 5.41) is 0. The van der Waals surface area contributed by atoms with Gasteiger partial charge in [0.05, 0.1) is 0 Å². The number of nitrogens with zero attached hydrogens (tertiary/aromatic N) is 1. The van der Waals surface area contributed by atoms with Gasteiger partial charge in [0.2, 0.25) is 5.91 Å². The van der Waals surface area contributed by atoms with Crippen LogP contribution in [0.3, 0.4) is 0 Å². The minimum atomic E-state index is -0.301. The number of hydrogen-bond donors (Lipinski definition) is 2. The fraction of sp³-hybridized carbons (Fsp3) is 0.333. The molecule has 1 aliphatic rings. The maximum absolute atomic E-state index is 12.1. The van der Waals surface area contributed by atoms with Crippen LogP contribution in [-0.2, 0) is 4.79 Å². The number of rotatable bonds is 3. The first-order valence-corrected chi connectivity index (χ1v) is 7.92. The van der Waals surface area contributed by atoms with Gasteiger partial charge in [-0.2, -0.15) is 0 Å². The number of carbonyl (C=O) groups excluding carboxylic acids is 2. The Bertz CT molecular complexity index is 708. The molecule has 1 heterocycles. The zero-order valence-electron chi connectivity index (χ0n) is 13.4. The lowest BCUT2D eigenvalue weighted by atomic mass is 9.85. The zero-order chi connectivity index (χ0) is 16.4. The Balaban J connectivity index is 1.64. The van der Waals surface area contributed by atoms with E-state index in [1.807, 2.05) is 26.0 Å². The molecule has 1 aromatic heterocycles. The molecule has 2 aromatic rings. The van der Waals surface area contributed by atoms with Gasteiger partial charge in [-0.15, -0.1) is 0 Å². The van der Waals surface area contributed by atoms with E-state index >= 15 is 0 Å². The molecule has 1 saturated carbocycles. The van der Waals surface area contributed by atoms with E-state index in [4.69, 9.17) is 0 Å². The highest BCUT2D eigenvalue weighted by Crippen LogP contribution is 2.25. The van der Waals surface area contributed by atoms with Gasteiger partial charge in [0.15, 0.2) is 0 Å². The monoisotopic (exact) mass is 311 g/mol.